The van der Waals surface area contributed by atoms with Gasteiger partial charge in [-0.05, 0) is 31.2 Å². The Morgan fingerprint density at radius 1 is 1.29 bits per heavy atom. The summed E-state index contributed by atoms with van der Waals surface area (Å²) in [5.41, 5.74) is 2.87. The van der Waals surface area contributed by atoms with Crippen LogP contribution >= 0.6 is 0 Å². The van der Waals surface area contributed by atoms with E-state index >= 15 is 0 Å². The summed E-state index contributed by atoms with van der Waals surface area (Å²) in [4.78, 5) is 15.4. The maximum Gasteiger partial charge on any atom is 0.330 e. The molecule has 0 bridgehead atoms. The van der Waals surface area contributed by atoms with Crippen LogP contribution in [0.4, 0.5) is 0 Å². The molecule has 0 N–H and O–H groups in total. The van der Waals surface area contributed by atoms with Gasteiger partial charge in [-0.15, -0.1) is 0 Å². The Morgan fingerprint density at radius 2 is 2.12 bits per heavy atom. The number of carbonyl (C=O) groups excluding carboxylic acids is 1. The molecule has 0 radical (unpaired) electrons. The van der Waals surface area contributed by atoms with Gasteiger partial charge in [0.1, 0.15) is 0 Å². The number of benzene rings is 1. The highest BCUT2D eigenvalue weighted by atomic mass is 16.5. The fraction of sp³-hybridized carbons (Fsp3) is 0.143. The zero-order valence-corrected chi connectivity index (χ0v) is 9.81. The van der Waals surface area contributed by atoms with Gasteiger partial charge in [0, 0.05) is 11.5 Å². The highest BCUT2D eigenvalue weighted by molar-refractivity contribution is 5.87. The molecule has 1 aromatic heterocycles. The van der Waals surface area contributed by atoms with E-state index in [0.29, 0.717) is 0 Å². The summed E-state index contributed by atoms with van der Waals surface area (Å²) in [7, 11) is 1.35. The van der Waals surface area contributed by atoms with Crippen molar-refractivity contribution in [3.8, 4) is 0 Å². The van der Waals surface area contributed by atoms with Crippen LogP contribution in [0.1, 0.15) is 11.3 Å². The van der Waals surface area contributed by atoms with Gasteiger partial charge in [-0.1, -0.05) is 17.7 Å². The van der Waals surface area contributed by atoms with E-state index in [2.05, 4.69) is 15.8 Å². The maximum absolute atomic E-state index is 11.0. The number of aryl methyl sites for hydroxylation is 1. The molecule has 0 saturated carbocycles. The van der Waals surface area contributed by atoms with Crippen LogP contribution in [0.25, 0.3) is 17.0 Å². The van der Waals surface area contributed by atoms with E-state index in [4.69, 9.17) is 0 Å². The Kier molecular flexibility index (Phi) is 3.19. The molecule has 17 heavy (non-hydrogen) atoms. The number of carbonyl (C=O) groups is 1. The van der Waals surface area contributed by atoms with Crippen molar-refractivity contribution in [3.05, 3.63) is 47.7 Å². The first-order valence-corrected chi connectivity index (χ1v) is 5.32. The summed E-state index contributed by atoms with van der Waals surface area (Å²) >= 11 is 0. The van der Waals surface area contributed by atoms with Crippen molar-refractivity contribution in [2.45, 2.75) is 6.92 Å². The molecular formula is C14H13NO2. The first-order chi connectivity index (χ1) is 8.19. The van der Waals surface area contributed by atoms with Gasteiger partial charge in [0.15, 0.2) is 0 Å². The number of hydrogen-bond donors (Lipinski definition) is 0. The second-order valence-electron chi connectivity index (χ2n) is 3.79. The highest BCUT2D eigenvalue weighted by Crippen LogP contribution is 2.14. The summed E-state index contributed by atoms with van der Waals surface area (Å²) in [6.45, 7) is 2.05. The number of nitrogens with zero attached hydrogens (tertiary/aromatic N) is 1. The van der Waals surface area contributed by atoms with Crippen LogP contribution in [0, 0.1) is 6.92 Å². The van der Waals surface area contributed by atoms with E-state index in [9.17, 15) is 4.79 Å². The van der Waals surface area contributed by atoms with Gasteiger partial charge < -0.3 is 4.74 Å². The summed E-state index contributed by atoms with van der Waals surface area (Å²) < 4.78 is 4.52. The van der Waals surface area contributed by atoms with Gasteiger partial charge in [0.2, 0.25) is 0 Å². The van der Waals surface area contributed by atoms with Crippen molar-refractivity contribution in [2.24, 2.45) is 0 Å². The number of fused-ring (bicyclic) bond motifs is 1. The molecule has 86 valence electrons. The Balaban J connectivity index is 2.35. The predicted octanol–water partition coefficient (Wildman–Crippen LogP) is 2.73. The normalized spacial score (nSPS) is 10.9. The molecule has 3 nitrogen and oxygen atoms in total. The molecule has 3 heteroatoms. The minimum Gasteiger partial charge on any atom is -0.466 e. The third kappa shape index (κ3) is 2.69. The van der Waals surface area contributed by atoms with Crippen molar-refractivity contribution in [1.82, 2.24) is 4.98 Å². The second kappa shape index (κ2) is 4.78. The molecule has 0 atom stereocenters. The lowest BCUT2D eigenvalue weighted by atomic mass is 10.1. The number of rotatable bonds is 2. The van der Waals surface area contributed by atoms with E-state index in [1.165, 1.54) is 18.7 Å². The molecule has 0 aliphatic heterocycles. The molecule has 0 unspecified atom stereocenters. The number of aromatic nitrogens is 1. The van der Waals surface area contributed by atoms with E-state index in [1.54, 1.807) is 6.08 Å². The minimum absolute atomic E-state index is 0.379. The first-order valence-electron chi connectivity index (χ1n) is 5.32. The largest absolute Gasteiger partial charge is 0.466 e. The zero-order valence-electron chi connectivity index (χ0n) is 9.81. The second-order valence-corrected chi connectivity index (χ2v) is 3.79. The Hall–Kier alpha value is -2.16. The van der Waals surface area contributed by atoms with Crippen LogP contribution in [0.3, 0.4) is 0 Å². The van der Waals surface area contributed by atoms with Gasteiger partial charge >= 0.3 is 5.97 Å². The minimum atomic E-state index is -0.379. The number of methoxy groups -OCH3 is 1. The average molecular weight is 227 g/mol. The van der Waals surface area contributed by atoms with Gasteiger partial charge in [-0.2, -0.15) is 0 Å². The van der Waals surface area contributed by atoms with Gasteiger partial charge in [-0.25, -0.2) is 9.78 Å². The number of esters is 1. The molecule has 2 rings (SSSR count). The molecule has 0 aliphatic carbocycles. The van der Waals surface area contributed by atoms with Crippen LogP contribution in [-0.2, 0) is 9.53 Å². The van der Waals surface area contributed by atoms with Crippen LogP contribution < -0.4 is 0 Å². The van der Waals surface area contributed by atoms with Crippen molar-refractivity contribution in [1.29, 1.82) is 0 Å². The summed E-state index contributed by atoms with van der Waals surface area (Å²) in [6.07, 6.45) is 3.01. The number of pyridine rings is 1. The van der Waals surface area contributed by atoms with E-state index < -0.39 is 0 Å². The lowest BCUT2D eigenvalue weighted by Crippen LogP contribution is -1.93. The standard InChI is InChI=1S/C14H13NO2/c1-10-3-7-13-11(9-10)4-5-12(15-13)6-8-14(16)17-2/h3-9H,1-2H3/b8-6+. The molecule has 2 aromatic rings. The predicted molar refractivity (Wildman–Crippen MR) is 67.5 cm³/mol. The lowest BCUT2D eigenvalue weighted by molar-refractivity contribution is -0.134. The smallest absolute Gasteiger partial charge is 0.330 e. The quantitative estimate of drug-likeness (QED) is 0.585. The molecule has 0 fully saturated rings. The first kappa shape index (κ1) is 11.3. The van der Waals surface area contributed by atoms with Crippen LogP contribution in [-0.4, -0.2) is 18.1 Å². The van der Waals surface area contributed by atoms with Crippen LogP contribution in [0.5, 0.6) is 0 Å². The fourth-order valence-electron chi connectivity index (χ4n) is 1.58. The Labute approximate surface area is 99.7 Å². The molecule has 1 aromatic carbocycles. The SMILES string of the molecule is COC(=O)/C=C/c1ccc2cc(C)ccc2n1. The molecule has 1 heterocycles. The Bertz CT molecular complexity index is 588. The van der Waals surface area contributed by atoms with Crippen LogP contribution in [0.15, 0.2) is 36.4 Å². The lowest BCUT2D eigenvalue weighted by Gasteiger charge is -2.00. The molecule has 0 aliphatic rings. The van der Waals surface area contributed by atoms with E-state index in [0.717, 1.165) is 16.6 Å². The van der Waals surface area contributed by atoms with E-state index in [-0.39, 0.29) is 5.97 Å². The van der Waals surface area contributed by atoms with Crippen molar-refractivity contribution < 1.29 is 9.53 Å². The van der Waals surface area contributed by atoms with Crippen molar-refractivity contribution >= 4 is 22.9 Å². The molecule has 0 amide bonds. The fourth-order valence-corrected chi connectivity index (χ4v) is 1.58. The van der Waals surface area contributed by atoms with Gasteiger partial charge in [0.25, 0.3) is 0 Å². The molecule has 0 spiro atoms. The monoisotopic (exact) mass is 227 g/mol. The topological polar surface area (TPSA) is 39.2 Å². The average Bonchev–Trinajstić information content (AvgIpc) is 2.35. The number of ether oxygens (including phenoxy) is 1. The molecule has 0 saturated heterocycles. The van der Waals surface area contributed by atoms with Gasteiger partial charge in [-0.3, -0.25) is 0 Å². The number of hydrogen-bond acceptors (Lipinski definition) is 3. The van der Waals surface area contributed by atoms with E-state index in [1.807, 2.05) is 31.2 Å². The van der Waals surface area contributed by atoms with Gasteiger partial charge in [0.05, 0.1) is 18.3 Å². The maximum atomic E-state index is 11.0. The summed E-state index contributed by atoms with van der Waals surface area (Å²) in [6, 6.07) is 9.94. The van der Waals surface area contributed by atoms with Crippen molar-refractivity contribution in [2.75, 3.05) is 7.11 Å². The summed E-state index contributed by atoms with van der Waals surface area (Å²) in [5, 5.41) is 1.10. The third-order valence-corrected chi connectivity index (χ3v) is 2.46. The summed E-state index contributed by atoms with van der Waals surface area (Å²) in [5.74, 6) is -0.379. The zero-order chi connectivity index (χ0) is 12.3. The highest BCUT2D eigenvalue weighted by Gasteiger charge is 1.97. The molecular weight excluding hydrogens is 214 g/mol. The third-order valence-electron chi connectivity index (χ3n) is 2.46. The van der Waals surface area contributed by atoms with Crippen LogP contribution in [0.2, 0.25) is 0 Å². The Morgan fingerprint density at radius 3 is 2.88 bits per heavy atom. The van der Waals surface area contributed by atoms with Crippen molar-refractivity contribution in [3.63, 3.8) is 0 Å².